The number of hydrogen-bond donors (Lipinski definition) is 0. The molecule has 0 aromatic carbocycles. The minimum Gasteiger partial charge on any atom is -0.345 e. The number of aromatic nitrogens is 4. The summed E-state index contributed by atoms with van der Waals surface area (Å²) < 4.78 is 6.86. The van der Waals surface area contributed by atoms with E-state index in [9.17, 15) is 4.79 Å². The average molecular weight is 305 g/mol. The van der Waals surface area contributed by atoms with Crippen LogP contribution in [0.2, 0.25) is 0 Å². The van der Waals surface area contributed by atoms with Gasteiger partial charge in [-0.3, -0.25) is 9.48 Å². The van der Waals surface area contributed by atoms with E-state index in [4.69, 9.17) is 4.52 Å². The minimum absolute atomic E-state index is 0.127. The molecule has 2 aromatic rings. The van der Waals surface area contributed by atoms with Crippen LogP contribution in [0.25, 0.3) is 0 Å². The first-order valence-electron chi connectivity index (χ1n) is 7.50. The van der Waals surface area contributed by atoms with Gasteiger partial charge in [0.1, 0.15) is 0 Å². The maximum Gasteiger partial charge on any atom is 0.223 e. The molecule has 22 heavy (non-hydrogen) atoms. The van der Waals surface area contributed by atoms with Crippen LogP contribution in [0.4, 0.5) is 0 Å². The van der Waals surface area contributed by atoms with Gasteiger partial charge in [-0.15, -0.1) is 0 Å². The summed E-state index contributed by atoms with van der Waals surface area (Å²) in [7, 11) is 1.80. The molecule has 0 N–H and O–H groups in total. The summed E-state index contributed by atoms with van der Waals surface area (Å²) in [4.78, 5) is 17.9. The zero-order valence-corrected chi connectivity index (χ0v) is 13.7. The molecule has 0 spiro atoms. The number of carbonyl (C=O) groups excluding carboxylic acids is 1. The highest BCUT2D eigenvalue weighted by Crippen LogP contribution is 2.05. The topological polar surface area (TPSA) is 77.0 Å². The van der Waals surface area contributed by atoms with Gasteiger partial charge in [-0.1, -0.05) is 5.16 Å². The van der Waals surface area contributed by atoms with Crippen LogP contribution in [0.15, 0.2) is 10.6 Å². The fraction of sp³-hybridized carbons (Fsp3) is 0.600. The van der Waals surface area contributed by atoms with Crippen molar-refractivity contribution in [2.75, 3.05) is 13.6 Å². The molecule has 0 aliphatic rings. The van der Waals surface area contributed by atoms with Gasteiger partial charge in [0.15, 0.2) is 5.82 Å². The number of carbonyl (C=O) groups is 1. The molecule has 0 fully saturated rings. The Hall–Kier alpha value is -2.18. The second-order valence-electron chi connectivity index (χ2n) is 5.55. The summed E-state index contributed by atoms with van der Waals surface area (Å²) in [5.41, 5.74) is 2.14. The first-order chi connectivity index (χ1) is 10.5. The molecule has 1 amide bonds. The van der Waals surface area contributed by atoms with Gasteiger partial charge < -0.3 is 9.42 Å². The van der Waals surface area contributed by atoms with Gasteiger partial charge in [-0.05, 0) is 26.3 Å². The van der Waals surface area contributed by atoms with Gasteiger partial charge in [0.05, 0.1) is 5.69 Å². The highest BCUT2D eigenvalue weighted by atomic mass is 16.5. The number of likely N-dealkylation sites (N-methyl/N-ethyl adjacent to an activating group) is 1. The van der Waals surface area contributed by atoms with E-state index in [0.29, 0.717) is 31.1 Å². The van der Waals surface area contributed by atoms with Crippen LogP contribution in [0, 0.1) is 20.8 Å². The van der Waals surface area contributed by atoms with E-state index in [1.54, 1.807) is 18.9 Å². The van der Waals surface area contributed by atoms with Crippen molar-refractivity contribution in [3.05, 3.63) is 29.2 Å². The summed E-state index contributed by atoms with van der Waals surface area (Å²) >= 11 is 0. The van der Waals surface area contributed by atoms with Crippen LogP contribution in [-0.2, 0) is 17.8 Å². The highest BCUT2D eigenvalue weighted by Gasteiger charge is 2.11. The van der Waals surface area contributed by atoms with Gasteiger partial charge in [-0.2, -0.15) is 10.1 Å². The monoisotopic (exact) mass is 305 g/mol. The van der Waals surface area contributed by atoms with Crippen molar-refractivity contribution in [2.45, 2.75) is 46.6 Å². The van der Waals surface area contributed by atoms with Crippen molar-refractivity contribution >= 4 is 5.91 Å². The molecule has 0 aliphatic heterocycles. The molecule has 0 saturated carbocycles. The van der Waals surface area contributed by atoms with E-state index in [0.717, 1.165) is 24.4 Å². The molecule has 0 bridgehead atoms. The molecule has 0 radical (unpaired) electrons. The van der Waals surface area contributed by atoms with Crippen LogP contribution in [0.5, 0.6) is 0 Å². The fourth-order valence-corrected chi connectivity index (χ4v) is 2.31. The van der Waals surface area contributed by atoms with E-state index in [-0.39, 0.29) is 5.91 Å². The van der Waals surface area contributed by atoms with Gasteiger partial charge in [0, 0.05) is 45.6 Å². The molecule has 120 valence electrons. The zero-order chi connectivity index (χ0) is 16.1. The molecule has 7 nitrogen and oxygen atoms in total. The summed E-state index contributed by atoms with van der Waals surface area (Å²) in [6.45, 7) is 7.12. The Morgan fingerprint density at radius 3 is 2.73 bits per heavy atom. The predicted molar refractivity (Wildman–Crippen MR) is 81.3 cm³/mol. The van der Waals surface area contributed by atoms with Crippen molar-refractivity contribution in [3.63, 3.8) is 0 Å². The van der Waals surface area contributed by atoms with Gasteiger partial charge in [-0.25, -0.2) is 0 Å². The Kier molecular flexibility index (Phi) is 5.30. The minimum atomic E-state index is 0.127. The molecular formula is C15H23N5O2. The molecule has 7 heteroatoms. The lowest BCUT2D eigenvalue weighted by Crippen LogP contribution is -2.29. The largest absolute Gasteiger partial charge is 0.345 e. The standard InChI is InChI=1S/C15H23N5O2/c1-11-10-12(2)20(17-11)8-5-6-15(21)19(4)9-7-14-16-13(3)22-18-14/h10H,5-9H2,1-4H3. The fourth-order valence-electron chi connectivity index (χ4n) is 2.31. The Balaban J connectivity index is 1.71. The summed E-state index contributed by atoms with van der Waals surface area (Å²) in [6.07, 6.45) is 1.91. The number of aryl methyl sites for hydroxylation is 4. The van der Waals surface area contributed by atoms with Crippen LogP contribution in [0.3, 0.4) is 0 Å². The van der Waals surface area contributed by atoms with Crippen molar-refractivity contribution in [3.8, 4) is 0 Å². The first-order valence-corrected chi connectivity index (χ1v) is 7.50. The number of hydrogen-bond acceptors (Lipinski definition) is 5. The van der Waals surface area contributed by atoms with Gasteiger partial charge in [0.25, 0.3) is 0 Å². The van der Waals surface area contributed by atoms with Gasteiger partial charge in [0.2, 0.25) is 11.8 Å². The SMILES string of the molecule is Cc1cc(C)n(CCCC(=O)N(C)CCc2noc(C)n2)n1. The summed E-state index contributed by atoms with van der Waals surface area (Å²) in [6, 6.07) is 2.04. The highest BCUT2D eigenvalue weighted by molar-refractivity contribution is 5.75. The third-order valence-electron chi connectivity index (χ3n) is 3.53. The molecule has 0 unspecified atom stereocenters. The quantitative estimate of drug-likeness (QED) is 0.777. The molecule has 0 aliphatic carbocycles. The first kappa shape index (κ1) is 16.2. The van der Waals surface area contributed by atoms with E-state index in [2.05, 4.69) is 15.2 Å². The molecule has 2 aromatic heterocycles. The van der Waals surface area contributed by atoms with Crippen molar-refractivity contribution in [2.24, 2.45) is 0 Å². The molecule has 0 atom stereocenters. The lowest BCUT2D eigenvalue weighted by molar-refractivity contribution is -0.130. The van der Waals surface area contributed by atoms with Crippen molar-refractivity contribution in [1.82, 2.24) is 24.8 Å². The smallest absolute Gasteiger partial charge is 0.223 e. The van der Waals surface area contributed by atoms with E-state index >= 15 is 0 Å². The predicted octanol–water partition coefficient (Wildman–Crippen LogP) is 1.67. The third-order valence-corrected chi connectivity index (χ3v) is 3.53. The Morgan fingerprint density at radius 1 is 1.36 bits per heavy atom. The second kappa shape index (κ2) is 7.20. The number of nitrogens with zero attached hydrogens (tertiary/aromatic N) is 5. The second-order valence-corrected chi connectivity index (χ2v) is 5.55. The number of amides is 1. The summed E-state index contributed by atoms with van der Waals surface area (Å²) in [5.74, 6) is 1.32. The van der Waals surface area contributed by atoms with E-state index in [1.165, 1.54) is 0 Å². The lowest BCUT2D eigenvalue weighted by atomic mass is 10.2. The number of rotatable bonds is 7. The Labute approximate surface area is 130 Å². The maximum absolute atomic E-state index is 12.1. The Morgan fingerprint density at radius 2 is 2.14 bits per heavy atom. The Bertz CT molecular complexity index is 632. The van der Waals surface area contributed by atoms with Crippen LogP contribution < -0.4 is 0 Å². The van der Waals surface area contributed by atoms with E-state index in [1.807, 2.05) is 24.6 Å². The molecule has 2 heterocycles. The van der Waals surface area contributed by atoms with Crippen LogP contribution in [0.1, 0.15) is 35.9 Å². The maximum atomic E-state index is 12.1. The third kappa shape index (κ3) is 4.41. The van der Waals surface area contributed by atoms with Crippen LogP contribution in [-0.4, -0.2) is 44.3 Å². The molecular weight excluding hydrogens is 282 g/mol. The summed E-state index contributed by atoms with van der Waals surface area (Å²) in [5, 5.41) is 8.22. The normalized spacial score (nSPS) is 10.9. The molecule has 0 saturated heterocycles. The van der Waals surface area contributed by atoms with Gasteiger partial charge >= 0.3 is 0 Å². The average Bonchev–Trinajstić information content (AvgIpc) is 3.01. The van der Waals surface area contributed by atoms with Crippen molar-refractivity contribution < 1.29 is 9.32 Å². The van der Waals surface area contributed by atoms with Crippen LogP contribution >= 0.6 is 0 Å². The zero-order valence-electron chi connectivity index (χ0n) is 13.7. The van der Waals surface area contributed by atoms with E-state index < -0.39 is 0 Å². The molecule has 2 rings (SSSR count). The lowest BCUT2D eigenvalue weighted by Gasteiger charge is -2.16. The van der Waals surface area contributed by atoms with Crippen molar-refractivity contribution in [1.29, 1.82) is 0 Å².